The first-order chi connectivity index (χ1) is 14.4. The number of para-hydroxylation sites is 2. The molecule has 0 spiro atoms. The number of aliphatic carboxylic acids is 2. The topological polar surface area (TPSA) is 156 Å². The minimum Gasteiger partial charge on any atom is -0.550 e. The molecule has 0 aliphatic carbocycles. The molecule has 0 atom stereocenters. The second-order valence-electron chi connectivity index (χ2n) is 5.65. The monoisotopic (exact) mass is 491 g/mol. The van der Waals surface area contributed by atoms with Gasteiger partial charge in [-0.3, -0.25) is 9.97 Å². The smallest absolute Gasteiger partial charge is 0.550 e. The van der Waals surface area contributed by atoms with E-state index in [0.29, 0.717) is 24.7 Å². The number of pyridine rings is 2. The van der Waals surface area contributed by atoms with Crippen molar-refractivity contribution in [1.29, 1.82) is 0 Å². The van der Waals surface area contributed by atoms with E-state index in [4.69, 9.17) is 29.3 Å². The van der Waals surface area contributed by atoms with Gasteiger partial charge in [0.2, 0.25) is 0 Å². The molecule has 175 valence electrons. The molecule has 0 unspecified atom stereocenters. The number of carboxylic acid groups (broad SMARTS) is 2. The SMILES string of the molecule is CC(=O)[O-].CC(=O)[O-].O.[Cu+2].c1ccc(COc2ccccc2OCc2ccccn2)nc1. The van der Waals surface area contributed by atoms with Gasteiger partial charge in [-0.25, -0.2) is 0 Å². The molecule has 10 heteroatoms. The number of carboxylic acids is 2. The molecule has 2 heterocycles. The van der Waals surface area contributed by atoms with Gasteiger partial charge in [-0.2, -0.15) is 0 Å². The summed E-state index contributed by atoms with van der Waals surface area (Å²) in [6, 6.07) is 19.1. The van der Waals surface area contributed by atoms with E-state index in [9.17, 15) is 0 Å². The molecule has 2 N–H and O–H groups in total. The van der Waals surface area contributed by atoms with E-state index in [0.717, 1.165) is 25.2 Å². The molecule has 0 saturated heterocycles. The number of benzene rings is 1. The van der Waals surface area contributed by atoms with Crippen molar-refractivity contribution >= 4 is 11.9 Å². The van der Waals surface area contributed by atoms with Gasteiger partial charge in [0.1, 0.15) is 13.2 Å². The van der Waals surface area contributed by atoms with Crippen LogP contribution in [-0.4, -0.2) is 27.4 Å². The van der Waals surface area contributed by atoms with E-state index >= 15 is 0 Å². The van der Waals surface area contributed by atoms with Crippen LogP contribution in [0.4, 0.5) is 0 Å². The molecule has 0 amide bonds. The summed E-state index contributed by atoms with van der Waals surface area (Å²) in [4.78, 5) is 26.3. The fourth-order valence-corrected chi connectivity index (χ4v) is 1.96. The van der Waals surface area contributed by atoms with Gasteiger partial charge >= 0.3 is 17.1 Å². The molecule has 9 nitrogen and oxygen atoms in total. The van der Waals surface area contributed by atoms with Crippen LogP contribution in [0, 0.1) is 0 Å². The van der Waals surface area contributed by atoms with Crippen molar-refractivity contribution in [1.82, 2.24) is 9.97 Å². The average Bonchev–Trinajstić information content (AvgIpc) is 2.72. The van der Waals surface area contributed by atoms with Gasteiger partial charge in [0, 0.05) is 24.3 Å². The molecular formula is C22H24CuN2O7. The number of carbonyl (C=O) groups excluding carboxylic acids is 2. The van der Waals surface area contributed by atoms with Crippen molar-refractivity contribution in [3.8, 4) is 11.5 Å². The summed E-state index contributed by atoms with van der Waals surface area (Å²) in [6.07, 6.45) is 3.50. The van der Waals surface area contributed by atoms with E-state index in [1.165, 1.54) is 0 Å². The molecule has 1 aromatic carbocycles. The van der Waals surface area contributed by atoms with E-state index < -0.39 is 11.9 Å². The van der Waals surface area contributed by atoms with Crippen LogP contribution in [0.25, 0.3) is 0 Å². The standard InChI is InChI=1S/C18H16N2O2.2C2H4O2.Cu.H2O/c1-2-10-18(22-14-16-8-4-6-12-20-16)17(9-1)21-13-15-7-3-5-11-19-15;2*1-2(3)4;;/h1-12H,13-14H2;2*1H3,(H,3,4);;1H2/q;;;+2;/p-2. The van der Waals surface area contributed by atoms with Crippen LogP contribution in [0.3, 0.4) is 0 Å². The first kappa shape index (κ1) is 30.7. The Kier molecular flexibility index (Phi) is 17.6. The zero-order chi connectivity index (χ0) is 22.2. The fraction of sp³-hybridized carbons (Fsp3) is 0.182. The molecule has 32 heavy (non-hydrogen) atoms. The summed E-state index contributed by atoms with van der Waals surface area (Å²) in [5.41, 5.74) is 1.75. The Hall–Kier alpha value is -3.46. The van der Waals surface area contributed by atoms with Crippen LogP contribution in [-0.2, 0) is 39.9 Å². The Morgan fingerprint density at radius 2 is 1.03 bits per heavy atom. The maximum Gasteiger partial charge on any atom is 2.00 e. The van der Waals surface area contributed by atoms with Gasteiger partial charge in [0.15, 0.2) is 11.5 Å². The van der Waals surface area contributed by atoms with Crippen molar-refractivity contribution in [2.75, 3.05) is 0 Å². The fourth-order valence-electron chi connectivity index (χ4n) is 1.96. The summed E-state index contributed by atoms with van der Waals surface area (Å²) >= 11 is 0. The molecular weight excluding hydrogens is 468 g/mol. The van der Waals surface area contributed by atoms with Crippen LogP contribution in [0.2, 0.25) is 0 Å². The molecule has 0 aliphatic heterocycles. The largest absolute Gasteiger partial charge is 2.00 e. The third kappa shape index (κ3) is 15.4. The Balaban J connectivity index is 0. The normalized spacial score (nSPS) is 8.56. The van der Waals surface area contributed by atoms with E-state index in [1.807, 2.05) is 60.7 Å². The van der Waals surface area contributed by atoms with Gasteiger partial charge in [-0.1, -0.05) is 24.3 Å². The molecule has 0 aliphatic rings. The van der Waals surface area contributed by atoms with Crippen LogP contribution < -0.4 is 19.7 Å². The number of aromatic nitrogens is 2. The number of carbonyl (C=O) groups is 2. The third-order valence-electron chi connectivity index (χ3n) is 3.05. The van der Waals surface area contributed by atoms with Gasteiger partial charge in [-0.15, -0.1) is 0 Å². The maximum atomic E-state index is 8.89. The number of nitrogens with zero attached hydrogens (tertiary/aromatic N) is 2. The molecule has 3 aromatic rings. The molecule has 3 rings (SSSR count). The maximum absolute atomic E-state index is 8.89. The average molecular weight is 492 g/mol. The Bertz CT molecular complexity index is 815. The van der Waals surface area contributed by atoms with Crippen LogP contribution in [0.15, 0.2) is 73.1 Å². The predicted molar refractivity (Wildman–Crippen MR) is 109 cm³/mol. The second-order valence-corrected chi connectivity index (χ2v) is 5.65. The Morgan fingerprint density at radius 3 is 1.31 bits per heavy atom. The van der Waals surface area contributed by atoms with Crippen molar-refractivity contribution in [3.63, 3.8) is 0 Å². The number of ether oxygens (including phenoxy) is 2. The van der Waals surface area contributed by atoms with Crippen molar-refractivity contribution in [2.24, 2.45) is 0 Å². The first-order valence-corrected chi connectivity index (χ1v) is 8.88. The third-order valence-corrected chi connectivity index (χ3v) is 3.05. The van der Waals surface area contributed by atoms with Gasteiger partial charge in [0.25, 0.3) is 0 Å². The van der Waals surface area contributed by atoms with Crippen LogP contribution in [0.1, 0.15) is 25.2 Å². The molecule has 0 saturated carbocycles. The Morgan fingerprint density at radius 1 is 0.719 bits per heavy atom. The summed E-state index contributed by atoms with van der Waals surface area (Å²) in [5, 5.41) is 17.8. The summed E-state index contributed by atoms with van der Waals surface area (Å²) in [6.45, 7) is 2.76. The summed E-state index contributed by atoms with van der Waals surface area (Å²) < 4.78 is 11.6. The zero-order valence-corrected chi connectivity index (χ0v) is 18.4. The molecule has 0 fully saturated rings. The second kappa shape index (κ2) is 18.3. The molecule has 1 radical (unpaired) electrons. The van der Waals surface area contributed by atoms with Crippen LogP contribution >= 0.6 is 0 Å². The van der Waals surface area contributed by atoms with Gasteiger partial charge in [0.05, 0.1) is 11.4 Å². The number of hydrogen-bond acceptors (Lipinski definition) is 8. The summed E-state index contributed by atoms with van der Waals surface area (Å²) in [7, 11) is 0. The number of rotatable bonds is 6. The van der Waals surface area contributed by atoms with E-state index in [2.05, 4.69) is 9.97 Å². The first-order valence-electron chi connectivity index (χ1n) is 8.88. The van der Waals surface area contributed by atoms with Gasteiger partial charge < -0.3 is 34.8 Å². The summed E-state index contributed by atoms with van der Waals surface area (Å²) in [5.74, 6) is -0.770. The van der Waals surface area contributed by atoms with E-state index in [1.54, 1.807) is 12.4 Å². The molecule has 2 aromatic heterocycles. The zero-order valence-electron chi connectivity index (χ0n) is 17.5. The van der Waals surface area contributed by atoms with Crippen molar-refractivity contribution in [2.45, 2.75) is 27.1 Å². The molecule has 0 bridgehead atoms. The Labute approximate surface area is 196 Å². The van der Waals surface area contributed by atoms with Crippen molar-refractivity contribution in [3.05, 3.63) is 84.4 Å². The minimum absolute atomic E-state index is 0. The quantitative estimate of drug-likeness (QED) is 0.446. The minimum atomic E-state index is -1.08. The van der Waals surface area contributed by atoms with Gasteiger partial charge in [-0.05, 0) is 50.2 Å². The van der Waals surface area contributed by atoms with Crippen LogP contribution in [0.5, 0.6) is 11.5 Å². The van der Waals surface area contributed by atoms with Crippen molar-refractivity contribution < 1.29 is 51.8 Å². The number of hydrogen-bond donors (Lipinski definition) is 0. The predicted octanol–water partition coefficient (Wildman–Crippen LogP) is 0.320. The van der Waals surface area contributed by atoms with E-state index in [-0.39, 0.29) is 22.5 Å².